The second-order valence-corrected chi connectivity index (χ2v) is 4.20. The Morgan fingerprint density at radius 3 is 2.72 bits per heavy atom. The quantitative estimate of drug-likeness (QED) is 0.781. The van der Waals surface area contributed by atoms with E-state index in [9.17, 15) is 4.79 Å². The SMILES string of the molecule is CCc1ccc(OC)c(C(CCC(=O)O)NC)c1. The minimum Gasteiger partial charge on any atom is -0.496 e. The highest BCUT2D eigenvalue weighted by molar-refractivity contribution is 5.66. The lowest BCUT2D eigenvalue weighted by atomic mass is 9.98. The maximum Gasteiger partial charge on any atom is 0.303 e. The van der Waals surface area contributed by atoms with Crippen molar-refractivity contribution in [1.29, 1.82) is 0 Å². The lowest BCUT2D eigenvalue weighted by Crippen LogP contribution is -2.18. The number of aliphatic carboxylic acids is 1. The molecule has 1 rings (SSSR count). The molecule has 0 fully saturated rings. The fourth-order valence-corrected chi connectivity index (χ4v) is 2.00. The van der Waals surface area contributed by atoms with Gasteiger partial charge in [-0.3, -0.25) is 4.79 Å². The monoisotopic (exact) mass is 251 g/mol. The molecule has 0 radical (unpaired) electrons. The zero-order chi connectivity index (χ0) is 13.5. The molecular weight excluding hydrogens is 230 g/mol. The predicted octanol–water partition coefficient (Wildman–Crippen LogP) is 2.38. The number of carbonyl (C=O) groups is 1. The molecule has 100 valence electrons. The normalized spacial score (nSPS) is 12.2. The van der Waals surface area contributed by atoms with Gasteiger partial charge in [0.1, 0.15) is 5.75 Å². The Morgan fingerprint density at radius 2 is 2.22 bits per heavy atom. The molecule has 4 nitrogen and oxygen atoms in total. The van der Waals surface area contributed by atoms with Crippen LogP contribution >= 0.6 is 0 Å². The van der Waals surface area contributed by atoms with Crippen LogP contribution in [0.25, 0.3) is 0 Å². The van der Waals surface area contributed by atoms with Crippen molar-refractivity contribution < 1.29 is 14.6 Å². The summed E-state index contributed by atoms with van der Waals surface area (Å²) in [6.45, 7) is 2.09. The van der Waals surface area contributed by atoms with Crippen LogP contribution < -0.4 is 10.1 Å². The number of carboxylic acid groups (broad SMARTS) is 1. The van der Waals surface area contributed by atoms with Crippen LogP contribution in [0.1, 0.15) is 36.9 Å². The van der Waals surface area contributed by atoms with Gasteiger partial charge in [-0.15, -0.1) is 0 Å². The first kappa shape index (κ1) is 14.5. The number of hydrogen-bond donors (Lipinski definition) is 2. The Hall–Kier alpha value is -1.55. The Labute approximate surface area is 108 Å². The second-order valence-electron chi connectivity index (χ2n) is 4.20. The average molecular weight is 251 g/mol. The molecule has 0 bridgehead atoms. The van der Waals surface area contributed by atoms with E-state index >= 15 is 0 Å². The van der Waals surface area contributed by atoms with Gasteiger partial charge in [0, 0.05) is 18.0 Å². The van der Waals surface area contributed by atoms with Gasteiger partial charge in [-0.25, -0.2) is 0 Å². The van der Waals surface area contributed by atoms with E-state index in [0.717, 1.165) is 17.7 Å². The molecule has 18 heavy (non-hydrogen) atoms. The number of benzene rings is 1. The van der Waals surface area contributed by atoms with E-state index in [-0.39, 0.29) is 12.5 Å². The van der Waals surface area contributed by atoms with Crippen molar-refractivity contribution in [2.45, 2.75) is 32.2 Å². The lowest BCUT2D eigenvalue weighted by molar-refractivity contribution is -0.137. The first-order valence-corrected chi connectivity index (χ1v) is 6.18. The van der Waals surface area contributed by atoms with Gasteiger partial charge in [0.05, 0.1) is 7.11 Å². The topological polar surface area (TPSA) is 58.6 Å². The summed E-state index contributed by atoms with van der Waals surface area (Å²) in [5, 5.41) is 11.9. The molecule has 0 spiro atoms. The van der Waals surface area contributed by atoms with Gasteiger partial charge in [0.15, 0.2) is 0 Å². The number of methoxy groups -OCH3 is 1. The van der Waals surface area contributed by atoms with Gasteiger partial charge in [-0.1, -0.05) is 19.1 Å². The average Bonchev–Trinajstić information content (AvgIpc) is 2.38. The largest absolute Gasteiger partial charge is 0.496 e. The zero-order valence-electron chi connectivity index (χ0n) is 11.2. The first-order valence-electron chi connectivity index (χ1n) is 6.18. The molecule has 1 atom stereocenters. The Balaban J connectivity index is 2.97. The Bertz CT molecular complexity index is 404. The number of rotatable bonds is 7. The highest BCUT2D eigenvalue weighted by atomic mass is 16.5. The minimum atomic E-state index is -0.777. The number of aryl methyl sites for hydroxylation is 1. The molecule has 0 aliphatic heterocycles. The maximum absolute atomic E-state index is 10.7. The molecule has 1 unspecified atom stereocenters. The van der Waals surface area contributed by atoms with Crippen molar-refractivity contribution in [2.75, 3.05) is 14.2 Å². The minimum absolute atomic E-state index is 0.00236. The summed E-state index contributed by atoms with van der Waals surface area (Å²) in [5.74, 6) is 0.0257. The van der Waals surface area contributed by atoms with Crippen molar-refractivity contribution in [3.05, 3.63) is 29.3 Å². The molecule has 0 saturated heterocycles. The molecule has 2 N–H and O–H groups in total. The Morgan fingerprint density at radius 1 is 1.50 bits per heavy atom. The summed E-state index contributed by atoms with van der Waals surface area (Å²) < 4.78 is 5.35. The molecule has 0 aromatic heterocycles. The highest BCUT2D eigenvalue weighted by Crippen LogP contribution is 2.29. The van der Waals surface area contributed by atoms with Crippen LogP contribution in [0.2, 0.25) is 0 Å². The highest BCUT2D eigenvalue weighted by Gasteiger charge is 2.16. The van der Waals surface area contributed by atoms with Crippen molar-refractivity contribution in [1.82, 2.24) is 5.32 Å². The molecule has 0 heterocycles. The van der Waals surface area contributed by atoms with E-state index in [0.29, 0.717) is 6.42 Å². The summed E-state index contributed by atoms with van der Waals surface area (Å²) in [6, 6.07) is 6.07. The fraction of sp³-hybridized carbons (Fsp3) is 0.500. The van der Waals surface area contributed by atoms with E-state index < -0.39 is 5.97 Å². The third-order valence-corrected chi connectivity index (χ3v) is 3.07. The molecule has 4 heteroatoms. The molecule has 1 aromatic carbocycles. The van der Waals surface area contributed by atoms with E-state index in [1.165, 1.54) is 5.56 Å². The smallest absolute Gasteiger partial charge is 0.303 e. The molecule has 0 saturated carbocycles. The van der Waals surface area contributed by atoms with Crippen molar-refractivity contribution in [3.63, 3.8) is 0 Å². The van der Waals surface area contributed by atoms with E-state index in [1.54, 1.807) is 7.11 Å². The van der Waals surface area contributed by atoms with Gasteiger partial charge in [0.2, 0.25) is 0 Å². The van der Waals surface area contributed by atoms with Crippen molar-refractivity contribution in [3.8, 4) is 5.75 Å². The number of carboxylic acids is 1. The van der Waals surface area contributed by atoms with Gasteiger partial charge in [-0.2, -0.15) is 0 Å². The van der Waals surface area contributed by atoms with E-state index in [4.69, 9.17) is 9.84 Å². The van der Waals surface area contributed by atoms with E-state index in [2.05, 4.69) is 18.3 Å². The number of hydrogen-bond acceptors (Lipinski definition) is 3. The standard InChI is InChI=1S/C14H21NO3/c1-4-10-5-7-13(18-3)11(9-10)12(15-2)6-8-14(16)17/h5,7,9,12,15H,4,6,8H2,1-3H3,(H,16,17). The molecule has 0 aliphatic carbocycles. The summed E-state index contributed by atoms with van der Waals surface area (Å²) in [4.78, 5) is 10.7. The van der Waals surface area contributed by atoms with Crippen molar-refractivity contribution >= 4 is 5.97 Å². The maximum atomic E-state index is 10.7. The van der Waals surface area contributed by atoms with Crippen LogP contribution in [0.3, 0.4) is 0 Å². The summed E-state index contributed by atoms with van der Waals surface area (Å²) in [7, 11) is 3.47. The van der Waals surface area contributed by atoms with Crippen LogP contribution in [-0.2, 0) is 11.2 Å². The summed E-state index contributed by atoms with van der Waals surface area (Å²) in [5.41, 5.74) is 2.25. The van der Waals surface area contributed by atoms with E-state index in [1.807, 2.05) is 19.2 Å². The molecule has 0 aliphatic rings. The molecular formula is C14H21NO3. The van der Waals surface area contributed by atoms with Crippen LogP contribution in [0, 0.1) is 0 Å². The van der Waals surface area contributed by atoms with Crippen LogP contribution in [-0.4, -0.2) is 25.2 Å². The first-order chi connectivity index (χ1) is 8.62. The van der Waals surface area contributed by atoms with Gasteiger partial charge >= 0.3 is 5.97 Å². The second kappa shape index (κ2) is 7.01. The zero-order valence-corrected chi connectivity index (χ0v) is 11.2. The lowest BCUT2D eigenvalue weighted by Gasteiger charge is -2.19. The van der Waals surface area contributed by atoms with Crippen LogP contribution in [0.15, 0.2) is 18.2 Å². The molecule has 1 aromatic rings. The van der Waals surface area contributed by atoms with Crippen LogP contribution in [0.5, 0.6) is 5.75 Å². The summed E-state index contributed by atoms with van der Waals surface area (Å²) in [6.07, 6.45) is 1.65. The summed E-state index contributed by atoms with van der Waals surface area (Å²) >= 11 is 0. The molecule has 0 amide bonds. The van der Waals surface area contributed by atoms with Gasteiger partial charge < -0.3 is 15.2 Å². The van der Waals surface area contributed by atoms with Crippen molar-refractivity contribution in [2.24, 2.45) is 0 Å². The number of nitrogens with one attached hydrogen (secondary N) is 1. The third kappa shape index (κ3) is 3.74. The fourth-order valence-electron chi connectivity index (χ4n) is 2.00. The van der Waals surface area contributed by atoms with Gasteiger partial charge in [-0.05, 0) is 31.5 Å². The predicted molar refractivity (Wildman–Crippen MR) is 71.0 cm³/mol. The third-order valence-electron chi connectivity index (χ3n) is 3.07. The Kier molecular flexibility index (Phi) is 5.65. The van der Waals surface area contributed by atoms with Gasteiger partial charge in [0.25, 0.3) is 0 Å². The van der Waals surface area contributed by atoms with Crippen LogP contribution in [0.4, 0.5) is 0 Å². The number of ether oxygens (including phenoxy) is 1.